The molecule has 0 aliphatic heterocycles. The van der Waals surface area contributed by atoms with Crippen LogP contribution in [0.2, 0.25) is 0 Å². The predicted molar refractivity (Wildman–Crippen MR) is 177 cm³/mol. The SMILES string of the molecule is COc1cccc(-c2ccccc2C)c1C(c1ccccc1-c1ccccc1C)c1ccccc1-c1ccccc1C. The average Bonchev–Trinajstić information content (AvgIpc) is 3.03. The molecular formula is C41H36O. The van der Waals surface area contributed by atoms with Crippen molar-refractivity contribution < 1.29 is 4.74 Å². The van der Waals surface area contributed by atoms with Gasteiger partial charge in [0.05, 0.1) is 7.11 Å². The van der Waals surface area contributed by atoms with E-state index in [0.29, 0.717) is 0 Å². The van der Waals surface area contributed by atoms with Crippen LogP contribution >= 0.6 is 0 Å². The second-order valence-corrected chi connectivity index (χ2v) is 11.0. The Kier molecular flexibility index (Phi) is 7.75. The van der Waals surface area contributed by atoms with E-state index in [2.05, 4.69) is 160 Å². The van der Waals surface area contributed by atoms with E-state index in [-0.39, 0.29) is 5.92 Å². The third-order valence-corrected chi connectivity index (χ3v) is 8.42. The Morgan fingerprint density at radius 1 is 0.381 bits per heavy atom. The van der Waals surface area contributed by atoms with E-state index in [4.69, 9.17) is 4.74 Å². The highest BCUT2D eigenvalue weighted by atomic mass is 16.5. The first-order valence-electron chi connectivity index (χ1n) is 14.6. The first kappa shape index (κ1) is 27.3. The van der Waals surface area contributed by atoms with Crippen molar-refractivity contribution in [2.45, 2.75) is 26.7 Å². The maximum absolute atomic E-state index is 6.21. The lowest BCUT2D eigenvalue weighted by molar-refractivity contribution is 0.409. The monoisotopic (exact) mass is 544 g/mol. The van der Waals surface area contributed by atoms with E-state index in [1.165, 1.54) is 66.8 Å². The lowest BCUT2D eigenvalue weighted by Crippen LogP contribution is -2.11. The molecule has 0 saturated heterocycles. The summed E-state index contributed by atoms with van der Waals surface area (Å²) in [5.74, 6) is 0.794. The van der Waals surface area contributed by atoms with Crippen molar-refractivity contribution in [2.75, 3.05) is 7.11 Å². The highest BCUT2D eigenvalue weighted by molar-refractivity contribution is 5.82. The average molecular weight is 545 g/mol. The van der Waals surface area contributed by atoms with Gasteiger partial charge < -0.3 is 4.74 Å². The largest absolute Gasteiger partial charge is 0.496 e. The Labute approximate surface area is 250 Å². The molecule has 42 heavy (non-hydrogen) atoms. The summed E-state index contributed by atoms with van der Waals surface area (Å²) in [6.45, 7) is 6.59. The summed E-state index contributed by atoms with van der Waals surface area (Å²) in [6.07, 6.45) is 0. The van der Waals surface area contributed by atoms with Crippen LogP contribution in [0.3, 0.4) is 0 Å². The molecule has 0 aliphatic carbocycles. The van der Waals surface area contributed by atoms with Crippen LogP contribution in [0.5, 0.6) is 5.75 Å². The van der Waals surface area contributed by atoms with Gasteiger partial charge in [-0.3, -0.25) is 0 Å². The van der Waals surface area contributed by atoms with Gasteiger partial charge in [0.25, 0.3) is 0 Å². The topological polar surface area (TPSA) is 9.23 Å². The van der Waals surface area contributed by atoms with E-state index in [1.54, 1.807) is 7.11 Å². The van der Waals surface area contributed by atoms with Gasteiger partial charge in [0.15, 0.2) is 0 Å². The Balaban J connectivity index is 1.75. The fourth-order valence-electron chi connectivity index (χ4n) is 6.35. The molecule has 0 spiro atoms. The maximum atomic E-state index is 6.21. The summed E-state index contributed by atoms with van der Waals surface area (Å²) in [4.78, 5) is 0. The highest BCUT2D eigenvalue weighted by Crippen LogP contribution is 2.48. The number of benzene rings is 6. The minimum absolute atomic E-state index is 0.0950. The van der Waals surface area contributed by atoms with Crippen LogP contribution < -0.4 is 4.74 Å². The Hall–Kier alpha value is -4.88. The van der Waals surface area contributed by atoms with Crippen LogP contribution in [-0.4, -0.2) is 7.11 Å². The molecule has 1 heteroatoms. The van der Waals surface area contributed by atoms with Gasteiger partial charge in [-0.15, -0.1) is 0 Å². The molecule has 0 radical (unpaired) electrons. The van der Waals surface area contributed by atoms with E-state index >= 15 is 0 Å². The first-order chi connectivity index (χ1) is 20.6. The Morgan fingerprint density at radius 3 is 1.17 bits per heavy atom. The standard InChI is InChI=1S/C41H36O/c1-28-16-5-8-19-31(28)34-22-11-13-24-37(34)40(38-25-14-12-23-35(38)32-20-9-6-17-29(32)2)41-36(26-15-27-39(41)42-4)33-21-10-7-18-30(33)3/h5-27,40H,1-4H3. The molecule has 0 heterocycles. The summed E-state index contributed by atoms with van der Waals surface area (Å²) in [5.41, 5.74) is 14.8. The normalized spacial score (nSPS) is 11.1. The second-order valence-electron chi connectivity index (χ2n) is 11.0. The quantitative estimate of drug-likeness (QED) is 0.182. The van der Waals surface area contributed by atoms with Crippen molar-refractivity contribution in [1.82, 2.24) is 0 Å². The molecule has 0 fully saturated rings. The van der Waals surface area contributed by atoms with Crippen molar-refractivity contribution in [2.24, 2.45) is 0 Å². The summed E-state index contributed by atoms with van der Waals surface area (Å²) in [6, 6.07) is 50.3. The molecule has 0 saturated carbocycles. The van der Waals surface area contributed by atoms with Gasteiger partial charge in [0.1, 0.15) is 5.75 Å². The zero-order valence-corrected chi connectivity index (χ0v) is 24.8. The van der Waals surface area contributed by atoms with Gasteiger partial charge in [0.2, 0.25) is 0 Å². The minimum Gasteiger partial charge on any atom is -0.496 e. The van der Waals surface area contributed by atoms with Gasteiger partial charge in [-0.1, -0.05) is 133 Å². The van der Waals surface area contributed by atoms with Gasteiger partial charge in [-0.25, -0.2) is 0 Å². The lowest BCUT2D eigenvalue weighted by Gasteiger charge is -2.29. The molecule has 206 valence electrons. The number of aryl methyl sites for hydroxylation is 3. The molecule has 0 unspecified atom stereocenters. The Morgan fingerprint density at radius 2 is 0.738 bits per heavy atom. The molecule has 6 aromatic carbocycles. The molecule has 6 rings (SSSR count). The molecule has 0 aliphatic rings. The molecule has 6 aromatic rings. The van der Waals surface area contributed by atoms with E-state index in [9.17, 15) is 0 Å². The molecule has 0 aromatic heterocycles. The Bertz CT molecular complexity index is 1770. The number of ether oxygens (including phenoxy) is 1. The van der Waals surface area contributed by atoms with Gasteiger partial charge in [-0.2, -0.15) is 0 Å². The minimum atomic E-state index is -0.0950. The summed E-state index contributed by atoms with van der Waals surface area (Å²) >= 11 is 0. The van der Waals surface area contributed by atoms with Gasteiger partial charge >= 0.3 is 0 Å². The van der Waals surface area contributed by atoms with E-state index in [1.807, 2.05) is 0 Å². The molecular weight excluding hydrogens is 508 g/mol. The summed E-state index contributed by atoms with van der Waals surface area (Å²) in [7, 11) is 1.79. The zero-order chi connectivity index (χ0) is 29.1. The number of rotatable bonds is 7. The third kappa shape index (κ3) is 5.03. The van der Waals surface area contributed by atoms with Crippen molar-refractivity contribution >= 4 is 0 Å². The maximum Gasteiger partial charge on any atom is 0.123 e. The van der Waals surface area contributed by atoms with Gasteiger partial charge in [-0.05, 0) is 88.0 Å². The number of hydrogen-bond acceptors (Lipinski definition) is 1. The molecule has 0 bridgehead atoms. The first-order valence-corrected chi connectivity index (χ1v) is 14.6. The summed E-state index contributed by atoms with van der Waals surface area (Å²) < 4.78 is 6.21. The van der Waals surface area contributed by atoms with E-state index in [0.717, 1.165) is 5.75 Å². The van der Waals surface area contributed by atoms with Crippen LogP contribution in [0.4, 0.5) is 0 Å². The number of hydrogen-bond donors (Lipinski definition) is 0. The second kappa shape index (κ2) is 11.9. The van der Waals surface area contributed by atoms with Crippen molar-refractivity contribution in [1.29, 1.82) is 0 Å². The molecule has 0 atom stereocenters. The predicted octanol–water partition coefficient (Wildman–Crippen LogP) is 10.8. The highest BCUT2D eigenvalue weighted by Gasteiger charge is 2.29. The van der Waals surface area contributed by atoms with E-state index < -0.39 is 0 Å². The molecule has 0 amide bonds. The number of methoxy groups -OCH3 is 1. The van der Waals surface area contributed by atoms with Crippen molar-refractivity contribution in [3.63, 3.8) is 0 Å². The van der Waals surface area contributed by atoms with Crippen LogP contribution in [0.1, 0.15) is 39.3 Å². The van der Waals surface area contributed by atoms with Crippen LogP contribution in [-0.2, 0) is 0 Å². The smallest absolute Gasteiger partial charge is 0.123 e. The van der Waals surface area contributed by atoms with Gasteiger partial charge in [0, 0.05) is 11.5 Å². The molecule has 0 N–H and O–H groups in total. The zero-order valence-electron chi connectivity index (χ0n) is 24.8. The summed E-state index contributed by atoms with van der Waals surface area (Å²) in [5, 5.41) is 0. The fraction of sp³-hybridized carbons (Fsp3) is 0.122. The van der Waals surface area contributed by atoms with Crippen molar-refractivity contribution in [3.8, 4) is 39.1 Å². The molecule has 1 nitrogen and oxygen atoms in total. The fourth-order valence-corrected chi connectivity index (χ4v) is 6.35. The van der Waals surface area contributed by atoms with Crippen LogP contribution in [0, 0.1) is 20.8 Å². The third-order valence-electron chi connectivity index (χ3n) is 8.42. The van der Waals surface area contributed by atoms with Crippen LogP contribution in [0.25, 0.3) is 33.4 Å². The lowest BCUT2D eigenvalue weighted by atomic mass is 9.75. The van der Waals surface area contributed by atoms with Crippen LogP contribution in [0.15, 0.2) is 140 Å². The van der Waals surface area contributed by atoms with Crippen molar-refractivity contribution in [3.05, 3.63) is 173 Å².